The number of anilines is 1. The second-order valence-corrected chi connectivity index (χ2v) is 13.4. The van der Waals surface area contributed by atoms with E-state index in [4.69, 9.17) is 10.5 Å². The summed E-state index contributed by atoms with van der Waals surface area (Å²) in [5, 5.41) is 6.07. The zero-order valence-corrected chi connectivity index (χ0v) is 30.1. The van der Waals surface area contributed by atoms with Crippen LogP contribution in [0.1, 0.15) is 118 Å². The van der Waals surface area contributed by atoms with Crippen LogP contribution in [0.25, 0.3) is 11.1 Å². The molecule has 0 aliphatic heterocycles. The molecule has 2 heterocycles. The van der Waals surface area contributed by atoms with Crippen molar-refractivity contribution in [3.63, 3.8) is 0 Å². The molecule has 0 saturated heterocycles. The lowest BCUT2D eigenvalue weighted by molar-refractivity contribution is -0.111. The average Bonchev–Trinajstić information content (AvgIpc) is 3.50. The second kappa shape index (κ2) is 19.8. The molecule has 0 spiro atoms. The lowest BCUT2D eigenvalue weighted by atomic mass is 9.67. The van der Waals surface area contributed by atoms with Crippen molar-refractivity contribution in [3.8, 4) is 0 Å². The van der Waals surface area contributed by atoms with Crippen LogP contribution in [0.3, 0.4) is 0 Å². The number of methoxy groups -OCH3 is 1. The molecule has 1 fully saturated rings. The largest absolute Gasteiger partial charge is 0.496 e. The maximum absolute atomic E-state index is 13.1. The maximum Gasteiger partial charge on any atom is 0.260 e. The molecule has 10 heteroatoms. The van der Waals surface area contributed by atoms with E-state index in [-0.39, 0.29) is 11.5 Å². The predicted octanol–water partition coefficient (Wildman–Crippen LogP) is 7.91. The molecular weight excluding hydrogens is 597 g/mol. The molecule has 9 nitrogen and oxygen atoms in total. The lowest BCUT2D eigenvalue weighted by Gasteiger charge is -2.38. The number of pyridine rings is 1. The van der Waals surface area contributed by atoms with Crippen LogP contribution in [-0.4, -0.2) is 54.4 Å². The van der Waals surface area contributed by atoms with Crippen LogP contribution in [0.15, 0.2) is 42.7 Å². The van der Waals surface area contributed by atoms with Gasteiger partial charge in [0.15, 0.2) is 0 Å². The average molecular weight is 653 g/mol. The third-order valence-electron chi connectivity index (χ3n) is 8.00. The van der Waals surface area contributed by atoms with E-state index in [0.717, 1.165) is 34.5 Å². The molecule has 2 aromatic rings. The summed E-state index contributed by atoms with van der Waals surface area (Å²) in [6, 6.07) is 1.60. The fourth-order valence-electron chi connectivity index (χ4n) is 5.09. The molecule has 4 N–H and O–H groups in total. The van der Waals surface area contributed by atoms with Gasteiger partial charge in [0.05, 0.1) is 40.1 Å². The number of allylic oxidation sites excluding steroid dienone is 2. The van der Waals surface area contributed by atoms with Gasteiger partial charge in [0.2, 0.25) is 0 Å². The zero-order chi connectivity index (χ0) is 34.1. The number of nitrogens with one attached hydrogen (secondary N) is 2. The summed E-state index contributed by atoms with van der Waals surface area (Å²) in [4.78, 5) is 36.9. The van der Waals surface area contributed by atoms with Crippen molar-refractivity contribution in [2.24, 2.45) is 11.1 Å². The Morgan fingerprint density at radius 3 is 2.39 bits per heavy atom. The molecule has 1 saturated carbocycles. The van der Waals surface area contributed by atoms with Gasteiger partial charge < -0.3 is 26.0 Å². The minimum atomic E-state index is -0.446. The molecule has 3 rings (SSSR count). The first-order chi connectivity index (χ1) is 22.0. The van der Waals surface area contributed by atoms with Crippen molar-refractivity contribution < 1.29 is 14.3 Å². The quantitative estimate of drug-likeness (QED) is 0.0729. The Labute approximate surface area is 280 Å². The molecule has 1 aliphatic rings. The fraction of sp³-hybridized carbons (Fsp3) is 0.556. The van der Waals surface area contributed by atoms with Crippen LogP contribution in [-0.2, 0) is 9.53 Å². The number of unbranched alkanes of at least 4 members (excludes halogenated alkanes) is 3. The second-order valence-electron chi connectivity index (χ2n) is 12.3. The molecule has 2 amide bonds. The van der Waals surface area contributed by atoms with E-state index in [1.54, 1.807) is 26.3 Å². The zero-order valence-electron chi connectivity index (χ0n) is 29.3. The summed E-state index contributed by atoms with van der Waals surface area (Å²) in [5.41, 5.74) is 9.04. The number of aryl methyl sites for hydroxylation is 1. The van der Waals surface area contributed by atoms with Gasteiger partial charge in [0.25, 0.3) is 11.8 Å². The first-order valence-electron chi connectivity index (χ1n) is 16.6. The van der Waals surface area contributed by atoms with Gasteiger partial charge in [-0.3, -0.25) is 14.6 Å². The monoisotopic (exact) mass is 652 g/mol. The number of rotatable bonds is 16. The van der Waals surface area contributed by atoms with E-state index in [1.807, 2.05) is 45.1 Å². The Morgan fingerprint density at radius 1 is 1.09 bits per heavy atom. The number of hydrogen-bond donors (Lipinski definition) is 3. The number of carbonyl (C=O) groups is 2. The van der Waals surface area contributed by atoms with Gasteiger partial charge in [-0.15, -0.1) is 11.3 Å². The lowest BCUT2D eigenvalue weighted by Crippen LogP contribution is -2.24. The van der Waals surface area contributed by atoms with Crippen molar-refractivity contribution >= 4 is 40.0 Å². The van der Waals surface area contributed by atoms with Crippen LogP contribution < -0.4 is 16.4 Å². The van der Waals surface area contributed by atoms with Gasteiger partial charge >= 0.3 is 0 Å². The molecule has 2 aromatic heterocycles. The van der Waals surface area contributed by atoms with Crippen molar-refractivity contribution in [1.82, 2.24) is 20.2 Å². The molecule has 0 bridgehead atoms. The Hall–Kier alpha value is -3.66. The number of nitrogens with two attached hydrogens (primary N) is 1. The van der Waals surface area contributed by atoms with Gasteiger partial charge in [-0.25, -0.2) is 4.98 Å². The number of aromatic nitrogens is 2. The summed E-state index contributed by atoms with van der Waals surface area (Å²) < 4.78 is 5.59. The smallest absolute Gasteiger partial charge is 0.260 e. The fourth-order valence-corrected chi connectivity index (χ4v) is 6.04. The van der Waals surface area contributed by atoms with E-state index in [1.165, 1.54) is 75.1 Å². The first-order valence-corrected chi connectivity index (χ1v) is 17.4. The summed E-state index contributed by atoms with van der Waals surface area (Å²) in [6.45, 7) is 11.1. The number of carbonyl (C=O) groups excluding carboxylic acids is 2. The van der Waals surface area contributed by atoms with E-state index in [9.17, 15) is 9.59 Å². The molecule has 0 aromatic carbocycles. The number of ether oxygens (including phenoxy) is 1. The van der Waals surface area contributed by atoms with Gasteiger partial charge in [0.1, 0.15) is 10.8 Å². The van der Waals surface area contributed by atoms with Crippen molar-refractivity contribution in [2.75, 3.05) is 33.1 Å². The summed E-state index contributed by atoms with van der Waals surface area (Å²) in [7, 11) is 5.47. The van der Waals surface area contributed by atoms with Crippen molar-refractivity contribution in [3.05, 3.63) is 63.8 Å². The number of hydrogen-bond acceptors (Lipinski definition) is 8. The van der Waals surface area contributed by atoms with Crippen LogP contribution in [0.5, 0.6) is 0 Å². The van der Waals surface area contributed by atoms with Crippen molar-refractivity contribution in [1.29, 1.82) is 0 Å². The molecule has 46 heavy (non-hydrogen) atoms. The van der Waals surface area contributed by atoms with Gasteiger partial charge in [-0.2, -0.15) is 0 Å². The minimum Gasteiger partial charge on any atom is -0.496 e. The van der Waals surface area contributed by atoms with E-state index in [2.05, 4.69) is 34.4 Å². The molecule has 254 valence electrons. The standard InChI is InChI=1S/C25H34N6O3S.C11H22/c1-7-9-21(34-6)19(15-31(4)5)22-14-29-25(35-22)18(12-26)24(33)30-20-11-17(13-28-16(20)3)23(32)27-10-8-2;1-3-4-5-6-8-11(2)9-7-10-11/h9,11-15H,7-8,10,26H2,1-6H3,(H,27,32)(H,30,33);3-10H2,1-2H3/b18-12-,19-15+,21-9-;. The SMILES string of the molecule is CC/C=C(OC)/C(=C\N(C)C)c1cnc(/C(=C\N)C(=O)Nc2cc(C(=O)NCCC)cnc2C)s1.CCCCCCC1(C)CCC1. The van der Waals surface area contributed by atoms with Crippen LogP contribution in [0.4, 0.5) is 5.69 Å². The number of amides is 2. The summed E-state index contributed by atoms with van der Waals surface area (Å²) in [5.74, 6) is 0.0286. The number of nitrogens with zero attached hydrogens (tertiary/aromatic N) is 3. The molecule has 0 radical (unpaired) electrons. The van der Waals surface area contributed by atoms with Crippen molar-refractivity contribution in [2.45, 2.75) is 98.8 Å². The van der Waals surface area contributed by atoms with E-state index in [0.29, 0.717) is 28.5 Å². The van der Waals surface area contributed by atoms with Crippen LogP contribution in [0.2, 0.25) is 0 Å². The Kier molecular flexibility index (Phi) is 16.6. The third kappa shape index (κ3) is 11.9. The van der Waals surface area contributed by atoms with E-state index >= 15 is 0 Å². The van der Waals surface area contributed by atoms with Crippen LogP contribution in [0, 0.1) is 12.3 Å². The van der Waals surface area contributed by atoms with Gasteiger partial charge in [0, 0.05) is 45.4 Å². The van der Waals surface area contributed by atoms with Gasteiger partial charge in [-0.1, -0.05) is 59.8 Å². The summed E-state index contributed by atoms with van der Waals surface area (Å²) in [6.07, 6.45) is 21.7. The normalized spacial score (nSPS) is 14.5. The highest BCUT2D eigenvalue weighted by atomic mass is 32.1. The number of thiazole rings is 1. The third-order valence-corrected chi connectivity index (χ3v) is 9.07. The highest BCUT2D eigenvalue weighted by molar-refractivity contribution is 7.14. The predicted molar refractivity (Wildman–Crippen MR) is 192 cm³/mol. The van der Waals surface area contributed by atoms with E-state index < -0.39 is 5.91 Å². The molecule has 0 atom stereocenters. The molecular formula is C36H56N6O3S. The Balaban J connectivity index is 0.000000562. The summed E-state index contributed by atoms with van der Waals surface area (Å²) >= 11 is 1.33. The first kappa shape index (κ1) is 38.5. The minimum absolute atomic E-state index is 0.212. The Bertz CT molecular complexity index is 1360. The highest BCUT2D eigenvalue weighted by Gasteiger charge is 2.30. The maximum atomic E-state index is 13.1. The molecule has 1 aliphatic carbocycles. The topological polar surface area (TPSA) is 122 Å². The van der Waals surface area contributed by atoms with Gasteiger partial charge in [-0.05, 0) is 56.6 Å². The molecule has 0 unspecified atom stereocenters. The Morgan fingerprint density at radius 2 is 1.83 bits per heavy atom. The highest BCUT2D eigenvalue weighted by Crippen LogP contribution is 2.44. The van der Waals surface area contributed by atoms with Crippen LogP contribution >= 0.6 is 11.3 Å².